The van der Waals surface area contributed by atoms with Crippen LogP contribution in [0.5, 0.6) is 0 Å². The van der Waals surface area contributed by atoms with Crippen molar-refractivity contribution in [1.82, 2.24) is 4.90 Å². The van der Waals surface area contributed by atoms with Gasteiger partial charge in [0.1, 0.15) is 0 Å². The van der Waals surface area contributed by atoms with Crippen molar-refractivity contribution in [2.24, 2.45) is 5.73 Å². The molecular formula is C28H29N5O4. The lowest BCUT2D eigenvalue weighted by atomic mass is 9.96. The van der Waals surface area contributed by atoms with Crippen LogP contribution in [0.3, 0.4) is 0 Å². The van der Waals surface area contributed by atoms with Crippen molar-refractivity contribution < 1.29 is 19.5 Å². The molecule has 0 radical (unpaired) electrons. The minimum Gasteiger partial charge on any atom is -0.479 e. The summed E-state index contributed by atoms with van der Waals surface area (Å²) in [5.74, 6) is -1.65. The van der Waals surface area contributed by atoms with Crippen LogP contribution in [0.1, 0.15) is 45.6 Å². The van der Waals surface area contributed by atoms with Gasteiger partial charge in [0.05, 0.1) is 11.6 Å². The second-order valence-corrected chi connectivity index (χ2v) is 8.54. The number of likely N-dealkylation sites (N-methyl/N-ethyl adjacent to an activating group) is 1. The molecule has 1 atom stereocenters. The third-order valence-corrected chi connectivity index (χ3v) is 5.96. The van der Waals surface area contributed by atoms with Gasteiger partial charge in [0.15, 0.2) is 6.04 Å². The molecule has 9 heteroatoms. The summed E-state index contributed by atoms with van der Waals surface area (Å²) in [5, 5.41) is 24.6. The molecule has 9 nitrogen and oxygen atoms in total. The molecule has 3 rings (SSSR count). The molecule has 0 saturated heterocycles. The van der Waals surface area contributed by atoms with E-state index in [2.05, 4.69) is 10.6 Å². The number of nitrogens with zero attached hydrogens (tertiary/aromatic N) is 2. The quantitative estimate of drug-likeness (QED) is 0.329. The number of anilines is 2. The number of nitriles is 1. The molecule has 0 fully saturated rings. The summed E-state index contributed by atoms with van der Waals surface area (Å²) in [7, 11) is 1.69. The standard InChI is InChI=1S/C28H29N5O4/c1-3-19-15-21(25(27(35)36)31-24-9-5-7-22(16-24)26(30)34)11-10-20(19)12-13-33(2)28(37)32-23-8-4-6-18(14-23)17-29/h4-11,14-16,25,31H,3,12-13H2,1-2H3,(H2,30,34)(H,32,37)(H,35,36). The SMILES string of the molecule is CCc1cc(C(Nc2cccc(C(N)=O)c2)C(=O)O)ccc1CCN(C)C(=O)Nc1cccc(C#N)c1. The molecule has 190 valence electrons. The first-order valence-corrected chi connectivity index (χ1v) is 11.7. The Bertz CT molecular complexity index is 1350. The van der Waals surface area contributed by atoms with Gasteiger partial charge in [0.25, 0.3) is 0 Å². The molecular weight excluding hydrogens is 470 g/mol. The predicted octanol–water partition coefficient (Wildman–Crippen LogP) is 4.16. The Morgan fingerprint density at radius 1 is 1.03 bits per heavy atom. The smallest absolute Gasteiger partial charge is 0.330 e. The van der Waals surface area contributed by atoms with Gasteiger partial charge in [0.2, 0.25) is 5.91 Å². The van der Waals surface area contributed by atoms with Gasteiger partial charge in [-0.1, -0.05) is 37.3 Å². The van der Waals surface area contributed by atoms with Crippen LogP contribution in [0.25, 0.3) is 0 Å². The van der Waals surface area contributed by atoms with Crippen LogP contribution in [-0.2, 0) is 17.6 Å². The summed E-state index contributed by atoms with van der Waals surface area (Å²) >= 11 is 0. The number of hydrogen-bond donors (Lipinski definition) is 4. The molecule has 3 aromatic rings. The number of aliphatic carboxylic acids is 1. The number of nitrogens with one attached hydrogen (secondary N) is 2. The van der Waals surface area contributed by atoms with Crippen LogP contribution >= 0.6 is 0 Å². The zero-order valence-electron chi connectivity index (χ0n) is 20.7. The lowest BCUT2D eigenvalue weighted by molar-refractivity contribution is -0.138. The van der Waals surface area contributed by atoms with Crippen LogP contribution in [0.15, 0.2) is 66.7 Å². The van der Waals surface area contributed by atoms with Crippen molar-refractivity contribution in [3.8, 4) is 6.07 Å². The number of urea groups is 1. The van der Waals surface area contributed by atoms with Crippen LogP contribution in [0.2, 0.25) is 0 Å². The predicted molar refractivity (Wildman–Crippen MR) is 141 cm³/mol. The summed E-state index contributed by atoms with van der Waals surface area (Å²) in [6, 6.07) is 19.3. The Kier molecular flexibility index (Phi) is 8.84. The Morgan fingerprint density at radius 3 is 2.43 bits per heavy atom. The van der Waals surface area contributed by atoms with Crippen molar-refractivity contribution in [2.75, 3.05) is 24.2 Å². The monoisotopic (exact) mass is 499 g/mol. The molecule has 0 aromatic heterocycles. The minimum atomic E-state index is -1.06. The third-order valence-electron chi connectivity index (χ3n) is 5.96. The van der Waals surface area contributed by atoms with Crippen molar-refractivity contribution in [3.05, 3.63) is 94.5 Å². The van der Waals surface area contributed by atoms with Crippen molar-refractivity contribution in [1.29, 1.82) is 5.26 Å². The van der Waals surface area contributed by atoms with E-state index in [0.29, 0.717) is 41.9 Å². The van der Waals surface area contributed by atoms with E-state index in [-0.39, 0.29) is 11.6 Å². The fourth-order valence-corrected chi connectivity index (χ4v) is 3.89. The molecule has 0 aliphatic carbocycles. The number of amides is 3. The number of carbonyl (C=O) groups is 3. The lowest BCUT2D eigenvalue weighted by Crippen LogP contribution is -2.33. The van der Waals surface area contributed by atoms with E-state index in [4.69, 9.17) is 11.0 Å². The highest BCUT2D eigenvalue weighted by Crippen LogP contribution is 2.24. The van der Waals surface area contributed by atoms with E-state index in [1.165, 1.54) is 6.07 Å². The molecule has 0 aliphatic heterocycles. The fourth-order valence-electron chi connectivity index (χ4n) is 3.89. The number of carboxylic acids is 1. The molecule has 5 N–H and O–H groups in total. The van der Waals surface area contributed by atoms with Gasteiger partial charge in [-0.05, 0) is 65.9 Å². The zero-order chi connectivity index (χ0) is 26.9. The van der Waals surface area contributed by atoms with E-state index in [1.807, 2.05) is 25.1 Å². The number of aryl methyl sites for hydroxylation is 1. The topological polar surface area (TPSA) is 149 Å². The molecule has 0 heterocycles. The number of benzene rings is 3. The number of carbonyl (C=O) groups excluding carboxylic acids is 2. The van der Waals surface area contributed by atoms with Gasteiger partial charge in [-0.15, -0.1) is 0 Å². The fraction of sp³-hybridized carbons (Fsp3) is 0.214. The van der Waals surface area contributed by atoms with Gasteiger partial charge in [-0.25, -0.2) is 9.59 Å². The first kappa shape index (κ1) is 26.8. The van der Waals surface area contributed by atoms with E-state index < -0.39 is 17.9 Å². The van der Waals surface area contributed by atoms with Crippen molar-refractivity contribution in [2.45, 2.75) is 25.8 Å². The third kappa shape index (κ3) is 7.08. The second kappa shape index (κ2) is 12.2. The number of hydrogen-bond acceptors (Lipinski definition) is 5. The van der Waals surface area contributed by atoms with Crippen LogP contribution < -0.4 is 16.4 Å². The highest BCUT2D eigenvalue weighted by atomic mass is 16.4. The van der Waals surface area contributed by atoms with Gasteiger partial charge in [-0.2, -0.15) is 5.26 Å². The number of primary amides is 1. The average Bonchev–Trinajstić information content (AvgIpc) is 2.90. The first-order chi connectivity index (χ1) is 17.7. The summed E-state index contributed by atoms with van der Waals surface area (Å²) in [5.41, 5.74) is 9.65. The van der Waals surface area contributed by atoms with E-state index in [0.717, 1.165) is 11.1 Å². The lowest BCUT2D eigenvalue weighted by Gasteiger charge is -2.21. The van der Waals surface area contributed by atoms with E-state index in [1.54, 1.807) is 60.5 Å². The summed E-state index contributed by atoms with van der Waals surface area (Å²) in [6.45, 7) is 2.43. The molecule has 3 aromatic carbocycles. The largest absolute Gasteiger partial charge is 0.479 e. The summed E-state index contributed by atoms with van der Waals surface area (Å²) < 4.78 is 0. The molecule has 37 heavy (non-hydrogen) atoms. The number of nitrogens with two attached hydrogens (primary N) is 1. The van der Waals surface area contributed by atoms with Gasteiger partial charge in [-0.3, -0.25) is 4.79 Å². The average molecular weight is 500 g/mol. The maximum Gasteiger partial charge on any atom is 0.330 e. The maximum absolute atomic E-state index is 12.6. The van der Waals surface area contributed by atoms with Crippen LogP contribution in [0, 0.1) is 11.3 Å². The van der Waals surface area contributed by atoms with Crippen molar-refractivity contribution in [3.63, 3.8) is 0 Å². The summed E-state index contributed by atoms with van der Waals surface area (Å²) in [6.07, 6.45) is 1.26. The second-order valence-electron chi connectivity index (χ2n) is 8.54. The molecule has 0 spiro atoms. The van der Waals surface area contributed by atoms with E-state index in [9.17, 15) is 19.5 Å². The number of rotatable bonds is 10. The first-order valence-electron chi connectivity index (χ1n) is 11.7. The van der Waals surface area contributed by atoms with Crippen LogP contribution in [-0.4, -0.2) is 41.5 Å². The highest BCUT2D eigenvalue weighted by Gasteiger charge is 2.21. The minimum absolute atomic E-state index is 0.282. The molecule has 0 saturated carbocycles. The Morgan fingerprint density at radius 2 is 1.76 bits per heavy atom. The van der Waals surface area contributed by atoms with Gasteiger partial charge in [0, 0.05) is 30.5 Å². The Balaban J connectivity index is 1.70. The number of carboxylic acid groups (broad SMARTS) is 1. The summed E-state index contributed by atoms with van der Waals surface area (Å²) in [4.78, 5) is 37.7. The van der Waals surface area contributed by atoms with Crippen molar-refractivity contribution >= 4 is 29.3 Å². The van der Waals surface area contributed by atoms with Crippen LogP contribution in [0.4, 0.5) is 16.2 Å². The Labute approximate surface area is 215 Å². The highest BCUT2D eigenvalue weighted by molar-refractivity contribution is 5.94. The molecule has 1 unspecified atom stereocenters. The Hall–Kier alpha value is -4.84. The molecule has 3 amide bonds. The normalized spacial score (nSPS) is 11.2. The molecule has 0 bridgehead atoms. The van der Waals surface area contributed by atoms with Gasteiger partial charge < -0.3 is 26.4 Å². The van der Waals surface area contributed by atoms with E-state index >= 15 is 0 Å². The molecule has 0 aliphatic rings. The zero-order valence-corrected chi connectivity index (χ0v) is 20.7. The van der Waals surface area contributed by atoms with Gasteiger partial charge >= 0.3 is 12.0 Å². The maximum atomic E-state index is 12.6.